The van der Waals surface area contributed by atoms with Crippen LogP contribution in [0.5, 0.6) is 0 Å². The molecule has 0 aliphatic carbocycles. The number of hydrogen-bond donors (Lipinski definition) is 0. The predicted molar refractivity (Wildman–Crippen MR) is 120 cm³/mol. The van der Waals surface area contributed by atoms with E-state index in [1.807, 2.05) is 36.6 Å². The highest BCUT2D eigenvalue weighted by Gasteiger charge is 2.16. The van der Waals surface area contributed by atoms with Gasteiger partial charge >= 0.3 is 0 Å². The first-order chi connectivity index (χ1) is 13.6. The number of aliphatic imine (C=N–C) groups is 1. The second-order valence-electron chi connectivity index (χ2n) is 5.82. The highest BCUT2D eigenvalue weighted by atomic mass is 32.2. The van der Waals surface area contributed by atoms with Gasteiger partial charge in [0.25, 0.3) is 0 Å². The summed E-state index contributed by atoms with van der Waals surface area (Å²) < 4.78 is 26.6. The molecule has 0 fully saturated rings. The number of nitrogens with zero attached hydrogens (tertiary/aromatic N) is 1. The number of para-hydroxylation sites is 1. The first-order valence-corrected chi connectivity index (χ1v) is 11.6. The van der Waals surface area contributed by atoms with Crippen LogP contribution in [0.4, 0.5) is 14.5 Å². The van der Waals surface area contributed by atoms with Crippen LogP contribution in [-0.4, -0.2) is 15.9 Å². The standard InChI is InChI=1S/C22H19F2NS3/c1-26-21(25-18-5-3-2-4-6-18)15-22(27-19-11-7-16(23)8-12-19)28-20-13-9-17(24)10-14-20/h2-14,22H,15H2,1H3. The minimum absolute atomic E-state index is 0.117. The fraction of sp³-hybridized carbons (Fsp3) is 0.136. The van der Waals surface area contributed by atoms with Crippen molar-refractivity contribution in [2.75, 3.05) is 6.26 Å². The first-order valence-electron chi connectivity index (χ1n) is 8.63. The van der Waals surface area contributed by atoms with E-state index in [1.54, 1.807) is 59.6 Å². The molecule has 0 atom stereocenters. The van der Waals surface area contributed by atoms with Gasteiger partial charge in [0, 0.05) is 16.2 Å². The van der Waals surface area contributed by atoms with E-state index < -0.39 is 0 Å². The Bertz CT molecular complexity index is 850. The van der Waals surface area contributed by atoms with Crippen LogP contribution in [0.3, 0.4) is 0 Å². The maximum absolute atomic E-state index is 13.2. The molecule has 3 rings (SSSR count). The highest BCUT2D eigenvalue weighted by molar-refractivity contribution is 8.17. The van der Waals surface area contributed by atoms with Crippen LogP contribution in [0.25, 0.3) is 0 Å². The van der Waals surface area contributed by atoms with Gasteiger partial charge in [-0.05, 0) is 66.9 Å². The Morgan fingerprint density at radius 2 is 1.29 bits per heavy atom. The van der Waals surface area contributed by atoms with E-state index >= 15 is 0 Å². The summed E-state index contributed by atoms with van der Waals surface area (Å²) in [6.45, 7) is 0. The Morgan fingerprint density at radius 1 is 0.786 bits per heavy atom. The van der Waals surface area contributed by atoms with Gasteiger partial charge in [-0.3, -0.25) is 0 Å². The summed E-state index contributed by atoms with van der Waals surface area (Å²) in [7, 11) is 0. The molecule has 3 aromatic rings. The molecule has 0 aliphatic heterocycles. The quantitative estimate of drug-likeness (QED) is 0.165. The largest absolute Gasteiger partial charge is 0.247 e. The molecule has 144 valence electrons. The molecule has 1 nitrogen and oxygen atoms in total. The van der Waals surface area contributed by atoms with E-state index in [-0.39, 0.29) is 16.2 Å². The third-order valence-corrected chi connectivity index (χ3v) is 7.00. The summed E-state index contributed by atoms with van der Waals surface area (Å²) in [5.41, 5.74) is 0.921. The molecule has 0 radical (unpaired) electrons. The van der Waals surface area contributed by atoms with Gasteiger partial charge in [0.15, 0.2) is 0 Å². The minimum Gasteiger partial charge on any atom is -0.247 e. The molecule has 0 spiro atoms. The molecular weight excluding hydrogens is 412 g/mol. The van der Waals surface area contributed by atoms with Gasteiger partial charge in [-0.1, -0.05) is 18.2 Å². The summed E-state index contributed by atoms with van der Waals surface area (Å²) in [6.07, 6.45) is 2.75. The minimum atomic E-state index is -0.248. The molecule has 0 bridgehead atoms. The van der Waals surface area contributed by atoms with Gasteiger partial charge < -0.3 is 0 Å². The van der Waals surface area contributed by atoms with Crippen molar-refractivity contribution in [2.45, 2.75) is 20.8 Å². The van der Waals surface area contributed by atoms with Crippen molar-refractivity contribution >= 4 is 46.0 Å². The molecule has 0 N–H and O–H groups in total. The zero-order chi connectivity index (χ0) is 19.8. The van der Waals surface area contributed by atoms with E-state index in [1.165, 1.54) is 24.3 Å². The lowest BCUT2D eigenvalue weighted by molar-refractivity contribution is 0.626. The smallest absolute Gasteiger partial charge is 0.123 e. The average Bonchev–Trinajstić information content (AvgIpc) is 2.71. The third-order valence-electron chi connectivity index (χ3n) is 3.75. The molecule has 0 heterocycles. The summed E-state index contributed by atoms with van der Waals surface area (Å²) >= 11 is 4.94. The second-order valence-corrected chi connectivity index (χ2v) is 9.55. The van der Waals surface area contributed by atoms with Crippen molar-refractivity contribution in [3.05, 3.63) is 90.5 Å². The van der Waals surface area contributed by atoms with Crippen molar-refractivity contribution in [1.82, 2.24) is 0 Å². The van der Waals surface area contributed by atoms with Crippen molar-refractivity contribution in [1.29, 1.82) is 0 Å². The topological polar surface area (TPSA) is 12.4 Å². The van der Waals surface area contributed by atoms with Gasteiger partial charge in [-0.25, -0.2) is 13.8 Å². The Balaban J connectivity index is 1.80. The fourth-order valence-electron chi connectivity index (χ4n) is 2.40. The summed E-state index contributed by atoms with van der Waals surface area (Å²) in [5.74, 6) is -0.495. The van der Waals surface area contributed by atoms with Crippen LogP contribution >= 0.6 is 35.3 Å². The van der Waals surface area contributed by atoms with Crippen LogP contribution in [-0.2, 0) is 0 Å². The van der Waals surface area contributed by atoms with Crippen LogP contribution in [0.2, 0.25) is 0 Å². The maximum Gasteiger partial charge on any atom is 0.123 e. The average molecular weight is 432 g/mol. The molecule has 0 unspecified atom stereocenters. The Hall–Kier alpha value is -1.76. The van der Waals surface area contributed by atoms with Crippen LogP contribution in [0.15, 0.2) is 93.6 Å². The second kappa shape index (κ2) is 10.7. The molecule has 0 aromatic heterocycles. The van der Waals surface area contributed by atoms with E-state index in [9.17, 15) is 8.78 Å². The third kappa shape index (κ3) is 6.69. The summed E-state index contributed by atoms with van der Waals surface area (Å²) in [4.78, 5) is 6.74. The van der Waals surface area contributed by atoms with Gasteiger partial charge in [0.1, 0.15) is 11.6 Å². The number of thioether (sulfide) groups is 3. The highest BCUT2D eigenvalue weighted by Crippen LogP contribution is 2.39. The molecule has 0 saturated carbocycles. The van der Waals surface area contributed by atoms with Gasteiger partial charge in [-0.2, -0.15) is 0 Å². The zero-order valence-electron chi connectivity index (χ0n) is 15.2. The van der Waals surface area contributed by atoms with Gasteiger partial charge in [0.2, 0.25) is 0 Å². The lowest BCUT2D eigenvalue weighted by Crippen LogP contribution is -2.04. The monoisotopic (exact) mass is 431 g/mol. The van der Waals surface area contributed by atoms with Crippen LogP contribution in [0, 0.1) is 11.6 Å². The van der Waals surface area contributed by atoms with E-state index in [0.717, 1.165) is 26.9 Å². The number of hydrogen-bond acceptors (Lipinski definition) is 4. The van der Waals surface area contributed by atoms with E-state index in [0.29, 0.717) is 0 Å². The Morgan fingerprint density at radius 3 is 1.75 bits per heavy atom. The fourth-order valence-corrected chi connectivity index (χ4v) is 5.68. The number of rotatable bonds is 7. The first kappa shape index (κ1) is 21.0. The van der Waals surface area contributed by atoms with E-state index in [2.05, 4.69) is 0 Å². The number of benzene rings is 3. The van der Waals surface area contributed by atoms with Crippen molar-refractivity contribution < 1.29 is 8.78 Å². The molecule has 6 heteroatoms. The van der Waals surface area contributed by atoms with Gasteiger partial charge in [0.05, 0.1) is 15.3 Å². The molecule has 3 aromatic carbocycles. The Labute approximate surface area is 177 Å². The SMILES string of the molecule is CSC(CC(Sc1ccc(F)cc1)Sc1ccc(F)cc1)=Nc1ccccc1. The summed E-state index contributed by atoms with van der Waals surface area (Å²) in [5, 5.41) is 1.01. The lowest BCUT2D eigenvalue weighted by atomic mass is 10.3. The molecule has 0 amide bonds. The van der Waals surface area contributed by atoms with Crippen molar-refractivity contribution in [3.63, 3.8) is 0 Å². The van der Waals surface area contributed by atoms with Crippen molar-refractivity contribution in [2.24, 2.45) is 4.99 Å². The summed E-state index contributed by atoms with van der Waals surface area (Å²) in [6, 6.07) is 22.9. The molecule has 0 aliphatic rings. The van der Waals surface area contributed by atoms with Gasteiger partial charge in [-0.15, -0.1) is 35.3 Å². The normalized spacial score (nSPS) is 11.8. The Kier molecular flexibility index (Phi) is 8.01. The molecule has 28 heavy (non-hydrogen) atoms. The predicted octanol–water partition coefficient (Wildman–Crippen LogP) is 7.66. The molecular formula is C22H19F2NS3. The lowest BCUT2D eigenvalue weighted by Gasteiger charge is -2.17. The van der Waals surface area contributed by atoms with Crippen LogP contribution in [0.1, 0.15) is 6.42 Å². The number of halogens is 2. The van der Waals surface area contributed by atoms with Crippen LogP contribution < -0.4 is 0 Å². The zero-order valence-corrected chi connectivity index (χ0v) is 17.7. The molecule has 0 saturated heterocycles. The maximum atomic E-state index is 13.2. The van der Waals surface area contributed by atoms with E-state index in [4.69, 9.17) is 4.99 Å². The van der Waals surface area contributed by atoms with Crippen molar-refractivity contribution in [3.8, 4) is 0 Å².